The van der Waals surface area contributed by atoms with E-state index in [1.807, 2.05) is 53.1 Å². The number of aliphatic carboxylic acids is 1. The van der Waals surface area contributed by atoms with Crippen LogP contribution in [0.1, 0.15) is 11.1 Å². The van der Waals surface area contributed by atoms with Crippen LogP contribution in [0, 0.1) is 0 Å². The van der Waals surface area contributed by atoms with E-state index in [9.17, 15) is 14.7 Å². The maximum Gasteiger partial charge on any atom is 0.326 e. The number of pyridine rings is 1. The van der Waals surface area contributed by atoms with Crippen LogP contribution in [0.4, 0.5) is 0 Å². The van der Waals surface area contributed by atoms with Crippen molar-refractivity contribution in [2.75, 3.05) is 5.75 Å². The monoisotopic (exact) mass is 505 g/mol. The van der Waals surface area contributed by atoms with E-state index in [0.29, 0.717) is 16.0 Å². The topological polar surface area (TPSA) is 101 Å². The van der Waals surface area contributed by atoms with E-state index in [2.05, 4.69) is 15.2 Å². The van der Waals surface area contributed by atoms with Gasteiger partial charge in [0.2, 0.25) is 5.91 Å². The zero-order chi connectivity index (χ0) is 24.4. The van der Waals surface area contributed by atoms with Crippen molar-refractivity contribution in [3.05, 3.63) is 89.2 Å². The molecule has 0 fully saturated rings. The van der Waals surface area contributed by atoms with Crippen LogP contribution in [0.3, 0.4) is 0 Å². The largest absolute Gasteiger partial charge is 0.480 e. The lowest BCUT2D eigenvalue weighted by atomic mass is 9.94. The lowest BCUT2D eigenvalue weighted by Crippen LogP contribution is -2.49. The second kappa shape index (κ2) is 9.89. The number of carbonyl (C=O) groups is 2. The van der Waals surface area contributed by atoms with Crippen molar-refractivity contribution in [3.8, 4) is 17.1 Å². The lowest BCUT2D eigenvalue weighted by molar-refractivity contribution is -0.150. The Kier molecular flexibility index (Phi) is 6.52. The number of carboxylic acids is 1. The Morgan fingerprint density at radius 2 is 1.71 bits per heavy atom. The number of carboxylic acid groups (broad SMARTS) is 1. The van der Waals surface area contributed by atoms with Crippen molar-refractivity contribution in [3.63, 3.8) is 0 Å². The van der Waals surface area contributed by atoms with Crippen LogP contribution in [0.25, 0.3) is 17.1 Å². The molecule has 0 radical (unpaired) electrons. The molecule has 8 nitrogen and oxygen atoms in total. The van der Waals surface area contributed by atoms with Crippen LogP contribution in [0.5, 0.6) is 0 Å². The van der Waals surface area contributed by atoms with Crippen LogP contribution >= 0.6 is 23.4 Å². The molecule has 0 bridgehead atoms. The number of halogens is 1. The molecule has 1 N–H and O–H groups in total. The molecule has 2 aromatic heterocycles. The number of benzene rings is 2. The maximum atomic E-state index is 13.2. The minimum Gasteiger partial charge on any atom is -0.480 e. The quantitative estimate of drug-likeness (QED) is 0.393. The Morgan fingerprint density at radius 3 is 2.43 bits per heavy atom. The first-order valence-electron chi connectivity index (χ1n) is 10.8. The van der Waals surface area contributed by atoms with Gasteiger partial charge in [0.25, 0.3) is 0 Å². The summed E-state index contributed by atoms with van der Waals surface area (Å²) in [7, 11) is 0. The number of hydrogen-bond acceptors (Lipinski definition) is 6. The summed E-state index contributed by atoms with van der Waals surface area (Å²) in [6.45, 7) is 0.263. The van der Waals surface area contributed by atoms with Crippen molar-refractivity contribution in [2.24, 2.45) is 0 Å². The van der Waals surface area contributed by atoms with Gasteiger partial charge in [-0.25, -0.2) is 4.79 Å². The Labute approximate surface area is 210 Å². The predicted octanol–water partition coefficient (Wildman–Crippen LogP) is 4.11. The molecule has 1 aliphatic rings. The van der Waals surface area contributed by atoms with Crippen molar-refractivity contribution in [2.45, 2.75) is 24.2 Å². The van der Waals surface area contributed by atoms with Crippen molar-refractivity contribution in [1.82, 2.24) is 24.6 Å². The average Bonchev–Trinajstić information content (AvgIpc) is 3.31. The fraction of sp³-hybridized carbons (Fsp3) is 0.160. The molecule has 0 aliphatic carbocycles. The van der Waals surface area contributed by atoms with Gasteiger partial charge in [-0.05, 0) is 47.5 Å². The number of fused-ring (bicyclic) bond motifs is 1. The van der Waals surface area contributed by atoms with Crippen LogP contribution < -0.4 is 0 Å². The molecule has 1 aliphatic heterocycles. The number of rotatable bonds is 6. The highest BCUT2D eigenvalue weighted by Crippen LogP contribution is 2.30. The molecule has 1 amide bonds. The molecule has 10 heteroatoms. The van der Waals surface area contributed by atoms with E-state index in [-0.39, 0.29) is 24.6 Å². The summed E-state index contributed by atoms with van der Waals surface area (Å²) in [5.74, 6) is -0.663. The molecule has 4 aromatic rings. The number of hydrogen-bond donors (Lipinski definition) is 1. The van der Waals surface area contributed by atoms with Crippen molar-refractivity contribution in [1.29, 1.82) is 0 Å². The lowest BCUT2D eigenvalue weighted by Gasteiger charge is -2.34. The van der Waals surface area contributed by atoms with E-state index in [4.69, 9.17) is 11.6 Å². The Balaban J connectivity index is 1.42. The Hall–Kier alpha value is -3.69. The predicted molar refractivity (Wildman–Crippen MR) is 132 cm³/mol. The van der Waals surface area contributed by atoms with Gasteiger partial charge in [0.05, 0.1) is 5.75 Å². The van der Waals surface area contributed by atoms with Gasteiger partial charge in [-0.3, -0.25) is 14.3 Å². The van der Waals surface area contributed by atoms with Crippen LogP contribution in [0.15, 0.2) is 78.2 Å². The number of aromatic nitrogens is 4. The van der Waals surface area contributed by atoms with Crippen LogP contribution in [0.2, 0.25) is 5.02 Å². The fourth-order valence-corrected chi connectivity index (χ4v) is 5.05. The molecule has 3 heterocycles. The van der Waals surface area contributed by atoms with Crippen LogP contribution in [-0.4, -0.2) is 53.4 Å². The normalized spacial score (nSPS) is 15.0. The highest BCUT2D eigenvalue weighted by Gasteiger charge is 2.34. The second-order valence-corrected chi connectivity index (χ2v) is 9.37. The number of carbonyl (C=O) groups excluding carboxylic acids is 1. The van der Waals surface area contributed by atoms with E-state index in [1.54, 1.807) is 24.5 Å². The first kappa shape index (κ1) is 23.1. The van der Waals surface area contributed by atoms with Gasteiger partial charge >= 0.3 is 5.97 Å². The van der Waals surface area contributed by atoms with Gasteiger partial charge in [-0.2, -0.15) is 0 Å². The molecule has 1 atom stereocenters. The summed E-state index contributed by atoms with van der Waals surface area (Å²) in [4.78, 5) is 30.7. The minimum absolute atomic E-state index is 0.0218. The van der Waals surface area contributed by atoms with Gasteiger partial charge in [-0.15, -0.1) is 10.2 Å². The molecule has 176 valence electrons. The summed E-state index contributed by atoms with van der Waals surface area (Å²) in [6, 6.07) is 17.6. The summed E-state index contributed by atoms with van der Waals surface area (Å²) >= 11 is 7.30. The molecule has 5 rings (SSSR count). The molecule has 0 spiro atoms. The smallest absolute Gasteiger partial charge is 0.326 e. The number of thioether (sulfide) groups is 1. The summed E-state index contributed by atoms with van der Waals surface area (Å²) in [6.07, 6.45) is 3.63. The zero-order valence-corrected chi connectivity index (χ0v) is 20.0. The molecular formula is C25H20ClN5O3S. The van der Waals surface area contributed by atoms with Crippen molar-refractivity contribution >= 4 is 35.2 Å². The van der Waals surface area contributed by atoms with Gasteiger partial charge < -0.3 is 10.0 Å². The SMILES string of the molecule is O=C(O)[C@@H]1Cc2ccccc2CN1C(=O)CSc1nnc(-c2ccncc2)n1-c1ccc(Cl)cc1. The Morgan fingerprint density at radius 1 is 1.00 bits per heavy atom. The van der Waals surface area contributed by atoms with E-state index in [1.165, 1.54) is 16.7 Å². The maximum absolute atomic E-state index is 13.2. The standard InChI is InChI=1S/C25H20ClN5O3S/c26-19-5-7-20(8-6-19)31-23(16-9-11-27-12-10-16)28-29-25(31)35-15-22(32)30-14-18-4-2-1-3-17(18)13-21(30)24(33)34/h1-12,21H,13-15H2,(H,33,34)/t21-/m0/s1. The highest BCUT2D eigenvalue weighted by molar-refractivity contribution is 7.99. The third-order valence-electron chi connectivity index (χ3n) is 5.84. The highest BCUT2D eigenvalue weighted by atomic mass is 35.5. The second-order valence-electron chi connectivity index (χ2n) is 7.99. The molecule has 0 unspecified atom stereocenters. The summed E-state index contributed by atoms with van der Waals surface area (Å²) in [5, 5.41) is 19.6. The van der Waals surface area contributed by atoms with Gasteiger partial charge in [-0.1, -0.05) is 47.6 Å². The first-order valence-corrected chi connectivity index (χ1v) is 12.2. The van der Waals surface area contributed by atoms with Gasteiger partial charge in [0.15, 0.2) is 11.0 Å². The first-order chi connectivity index (χ1) is 17.0. The summed E-state index contributed by atoms with van der Waals surface area (Å²) in [5.41, 5.74) is 3.53. The Bertz CT molecular complexity index is 1380. The molecule has 0 saturated carbocycles. The number of amides is 1. The van der Waals surface area contributed by atoms with Crippen LogP contribution in [-0.2, 0) is 22.6 Å². The van der Waals surface area contributed by atoms with Gasteiger partial charge in [0, 0.05) is 41.6 Å². The minimum atomic E-state index is -1.01. The molecule has 0 saturated heterocycles. The number of nitrogens with zero attached hydrogens (tertiary/aromatic N) is 5. The fourth-order valence-electron chi connectivity index (χ4n) is 4.09. The van der Waals surface area contributed by atoms with E-state index < -0.39 is 12.0 Å². The summed E-state index contributed by atoms with van der Waals surface area (Å²) < 4.78 is 1.85. The molecule has 35 heavy (non-hydrogen) atoms. The zero-order valence-electron chi connectivity index (χ0n) is 18.4. The molecule has 2 aromatic carbocycles. The van der Waals surface area contributed by atoms with Crippen molar-refractivity contribution < 1.29 is 14.7 Å². The third kappa shape index (κ3) is 4.78. The van der Waals surface area contributed by atoms with E-state index >= 15 is 0 Å². The van der Waals surface area contributed by atoms with E-state index in [0.717, 1.165) is 22.4 Å². The third-order valence-corrected chi connectivity index (χ3v) is 7.00. The molecular weight excluding hydrogens is 486 g/mol. The average molecular weight is 506 g/mol. The van der Waals surface area contributed by atoms with Gasteiger partial charge in [0.1, 0.15) is 6.04 Å².